The van der Waals surface area contributed by atoms with Crippen LogP contribution in [0.15, 0.2) is 34.7 Å². The van der Waals surface area contributed by atoms with E-state index < -0.39 is 10.0 Å². The molecule has 1 aliphatic heterocycles. The van der Waals surface area contributed by atoms with Crippen LogP contribution in [0.1, 0.15) is 18.9 Å². The number of aliphatic hydroxyl groups excluding tert-OH is 1. The summed E-state index contributed by atoms with van der Waals surface area (Å²) in [7, 11) is -3.51. The van der Waals surface area contributed by atoms with Gasteiger partial charge in [0.15, 0.2) is 0 Å². The van der Waals surface area contributed by atoms with Gasteiger partial charge in [0.05, 0.1) is 11.5 Å². The van der Waals surface area contributed by atoms with Crippen molar-refractivity contribution < 1.29 is 13.5 Å². The molecule has 1 heterocycles. The van der Waals surface area contributed by atoms with Crippen LogP contribution in [-0.4, -0.2) is 30.9 Å². The van der Waals surface area contributed by atoms with Gasteiger partial charge >= 0.3 is 0 Å². The quantitative estimate of drug-likeness (QED) is 0.871. The zero-order valence-corrected chi connectivity index (χ0v) is 12.2. The van der Waals surface area contributed by atoms with Crippen molar-refractivity contribution in [2.24, 2.45) is 0 Å². The van der Waals surface area contributed by atoms with Crippen LogP contribution in [0.3, 0.4) is 0 Å². The zero-order valence-electron chi connectivity index (χ0n) is 10.6. The van der Waals surface area contributed by atoms with Crippen LogP contribution in [0.4, 0.5) is 0 Å². The van der Waals surface area contributed by atoms with E-state index in [0.717, 1.165) is 6.42 Å². The van der Waals surface area contributed by atoms with Crippen LogP contribution in [-0.2, 0) is 16.6 Å². The maximum Gasteiger partial charge on any atom is 0.243 e. The highest BCUT2D eigenvalue weighted by atomic mass is 35.5. The molecule has 0 aromatic heterocycles. The predicted octanol–water partition coefficient (Wildman–Crippen LogP) is 2.17. The van der Waals surface area contributed by atoms with Crippen LogP contribution in [0.5, 0.6) is 0 Å². The second-order valence-electron chi connectivity index (χ2n) is 4.57. The van der Waals surface area contributed by atoms with E-state index in [1.54, 1.807) is 6.07 Å². The first kappa shape index (κ1) is 14.5. The summed E-state index contributed by atoms with van der Waals surface area (Å²) >= 11 is 5.94. The number of aliphatic hydroxyl groups is 1. The Balaban J connectivity index is 2.32. The van der Waals surface area contributed by atoms with E-state index in [1.807, 2.05) is 13.0 Å². The lowest BCUT2D eigenvalue weighted by Gasteiger charge is -2.25. The average Bonchev–Trinajstić information content (AvgIpc) is 2.39. The molecule has 0 radical (unpaired) electrons. The van der Waals surface area contributed by atoms with Crippen LogP contribution in [0.2, 0.25) is 5.02 Å². The molecule has 2 rings (SSSR count). The first-order chi connectivity index (χ1) is 8.95. The van der Waals surface area contributed by atoms with E-state index in [9.17, 15) is 8.42 Å². The average molecular weight is 302 g/mol. The van der Waals surface area contributed by atoms with E-state index in [4.69, 9.17) is 16.7 Å². The molecule has 0 unspecified atom stereocenters. The third-order valence-electron chi connectivity index (χ3n) is 3.23. The Hall–Kier alpha value is -0.880. The van der Waals surface area contributed by atoms with E-state index >= 15 is 0 Å². The Morgan fingerprint density at radius 1 is 1.42 bits per heavy atom. The number of nitrogens with zero attached hydrogens (tertiary/aromatic N) is 1. The Morgan fingerprint density at radius 3 is 2.68 bits per heavy atom. The minimum absolute atomic E-state index is 0.169. The minimum atomic E-state index is -3.51. The molecule has 0 aliphatic carbocycles. The second-order valence-corrected chi connectivity index (χ2v) is 6.92. The van der Waals surface area contributed by atoms with Gasteiger partial charge in [-0.1, -0.05) is 29.3 Å². The van der Waals surface area contributed by atoms with Crippen molar-refractivity contribution in [1.82, 2.24) is 4.31 Å². The molecule has 104 valence electrons. The summed E-state index contributed by atoms with van der Waals surface area (Å²) in [5, 5.41) is 9.31. The van der Waals surface area contributed by atoms with Crippen molar-refractivity contribution in [3.8, 4) is 0 Å². The third kappa shape index (κ3) is 3.00. The lowest BCUT2D eigenvalue weighted by Crippen LogP contribution is -2.34. The van der Waals surface area contributed by atoms with Gasteiger partial charge in [-0.05, 0) is 31.0 Å². The fraction of sp³-hybridized carbons (Fsp3) is 0.385. The molecule has 0 amide bonds. The summed E-state index contributed by atoms with van der Waals surface area (Å²) < 4.78 is 26.3. The van der Waals surface area contributed by atoms with Crippen LogP contribution < -0.4 is 0 Å². The Morgan fingerprint density at radius 2 is 2.16 bits per heavy atom. The lowest BCUT2D eigenvalue weighted by atomic mass is 10.1. The van der Waals surface area contributed by atoms with Gasteiger partial charge in [-0.2, -0.15) is 4.31 Å². The van der Waals surface area contributed by atoms with Crippen molar-refractivity contribution in [3.63, 3.8) is 0 Å². The predicted molar refractivity (Wildman–Crippen MR) is 74.5 cm³/mol. The van der Waals surface area contributed by atoms with Gasteiger partial charge in [-0.3, -0.25) is 0 Å². The fourth-order valence-electron chi connectivity index (χ4n) is 1.94. The van der Waals surface area contributed by atoms with Gasteiger partial charge in [0, 0.05) is 18.1 Å². The smallest absolute Gasteiger partial charge is 0.243 e. The Bertz CT molecular complexity index is 610. The molecule has 1 N–H and O–H groups in total. The second kappa shape index (κ2) is 5.63. The molecule has 0 saturated heterocycles. The van der Waals surface area contributed by atoms with Crippen molar-refractivity contribution in [1.29, 1.82) is 0 Å². The summed E-state index contributed by atoms with van der Waals surface area (Å²) in [6.45, 7) is 2.68. The highest BCUT2D eigenvalue weighted by molar-refractivity contribution is 7.89. The first-order valence-corrected chi connectivity index (χ1v) is 7.82. The summed E-state index contributed by atoms with van der Waals surface area (Å²) in [4.78, 5) is 0.169. The zero-order chi connectivity index (χ0) is 14.0. The molecule has 19 heavy (non-hydrogen) atoms. The van der Waals surface area contributed by atoms with Gasteiger partial charge in [-0.15, -0.1) is 0 Å². The number of hydrogen-bond donors (Lipinski definition) is 1. The first-order valence-electron chi connectivity index (χ1n) is 6.00. The van der Waals surface area contributed by atoms with Crippen LogP contribution >= 0.6 is 11.6 Å². The molecular formula is C13H16ClNO3S. The Kier molecular flexibility index (Phi) is 4.30. The molecule has 1 aromatic rings. The van der Waals surface area contributed by atoms with Crippen molar-refractivity contribution in [2.75, 3.05) is 13.1 Å². The standard InChI is InChI=1S/C13H16ClNO3S/c1-10-4-6-15(7-5-10)19(17,18)12-3-2-11(9-16)13(14)8-12/h2-4,8,16H,5-7,9H2,1H3. The molecule has 0 fully saturated rings. The van der Waals surface area contributed by atoms with E-state index in [0.29, 0.717) is 18.7 Å². The molecule has 0 atom stereocenters. The molecule has 6 heteroatoms. The van der Waals surface area contributed by atoms with E-state index in [2.05, 4.69) is 0 Å². The van der Waals surface area contributed by atoms with Crippen LogP contribution in [0, 0.1) is 0 Å². The van der Waals surface area contributed by atoms with Crippen LogP contribution in [0.25, 0.3) is 0 Å². The van der Waals surface area contributed by atoms with Gasteiger partial charge in [0.1, 0.15) is 0 Å². The topological polar surface area (TPSA) is 57.6 Å². The highest BCUT2D eigenvalue weighted by Crippen LogP contribution is 2.25. The molecule has 1 aromatic carbocycles. The molecule has 0 spiro atoms. The lowest BCUT2D eigenvalue weighted by molar-refractivity contribution is 0.282. The summed E-state index contributed by atoms with van der Waals surface area (Å²) in [5.41, 5.74) is 1.73. The monoisotopic (exact) mass is 301 g/mol. The largest absolute Gasteiger partial charge is 0.392 e. The fourth-order valence-corrected chi connectivity index (χ4v) is 3.65. The molecule has 0 bridgehead atoms. The van der Waals surface area contributed by atoms with E-state index in [-0.39, 0.29) is 16.5 Å². The molecule has 4 nitrogen and oxygen atoms in total. The van der Waals surface area contributed by atoms with Crippen molar-refractivity contribution in [3.05, 3.63) is 40.4 Å². The maximum atomic E-state index is 12.4. The number of hydrogen-bond acceptors (Lipinski definition) is 3. The van der Waals surface area contributed by atoms with Crippen molar-refractivity contribution >= 4 is 21.6 Å². The minimum Gasteiger partial charge on any atom is -0.392 e. The molecule has 1 aliphatic rings. The number of rotatable bonds is 3. The third-order valence-corrected chi connectivity index (χ3v) is 5.44. The highest BCUT2D eigenvalue weighted by Gasteiger charge is 2.25. The van der Waals surface area contributed by atoms with Crippen molar-refractivity contribution in [2.45, 2.75) is 24.8 Å². The molecular weight excluding hydrogens is 286 g/mol. The van der Waals surface area contributed by atoms with Gasteiger partial charge < -0.3 is 5.11 Å². The normalized spacial score (nSPS) is 17.3. The Labute approximate surface area is 118 Å². The van der Waals surface area contributed by atoms with Gasteiger partial charge in [-0.25, -0.2) is 8.42 Å². The van der Waals surface area contributed by atoms with Gasteiger partial charge in [0.25, 0.3) is 0 Å². The maximum absolute atomic E-state index is 12.4. The number of benzene rings is 1. The SMILES string of the molecule is CC1=CCN(S(=O)(=O)c2ccc(CO)c(Cl)c2)CC1. The summed E-state index contributed by atoms with van der Waals surface area (Å²) in [6, 6.07) is 4.42. The van der Waals surface area contributed by atoms with E-state index in [1.165, 1.54) is 22.0 Å². The number of halogens is 1. The summed E-state index contributed by atoms with van der Waals surface area (Å²) in [6.07, 6.45) is 2.67. The summed E-state index contributed by atoms with van der Waals surface area (Å²) in [5.74, 6) is 0. The molecule has 0 saturated carbocycles. The van der Waals surface area contributed by atoms with Gasteiger partial charge in [0.2, 0.25) is 10.0 Å². The number of sulfonamides is 1.